The molecule has 1 amide bonds. The van der Waals surface area contributed by atoms with E-state index in [-0.39, 0.29) is 0 Å². The molecule has 5 rings (SSSR count). The number of ether oxygens (including phenoxy) is 1. The Labute approximate surface area is 221 Å². The maximum Gasteiger partial charge on any atom is 0.344 e. The number of halogens is 2. The highest BCUT2D eigenvalue weighted by atomic mass is 35.5. The molecule has 0 aliphatic rings. The van der Waals surface area contributed by atoms with Crippen LogP contribution >= 0.6 is 23.2 Å². The van der Waals surface area contributed by atoms with E-state index in [1.54, 1.807) is 66.7 Å². The Morgan fingerprint density at radius 3 is 2.59 bits per heavy atom. The molecule has 37 heavy (non-hydrogen) atoms. The zero-order valence-corrected chi connectivity index (χ0v) is 21.0. The summed E-state index contributed by atoms with van der Waals surface area (Å²) in [5, 5.41) is 4.39. The third-order valence-electron chi connectivity index (χ3n) is 5.65. The highest BCUT2D eigenvalue weighted by molar-refractivity contribution is 6.43. The number of hydrogen-bond acceptors (Lipinski definition) is 5. The topological polar surface area (TPSA) is 81.7 Å². The number of methoxy groups -OCH3 is 1. The number of carbonyl (C=O) groups excluding carboxylic acids is 1. The Bertz CT molecular complexity index is 1720. The highest BCUT2D eigenvalue weighted by Gasteiger charge is 2.13. The zero-order valence-electron chi connectivity index (χ0n) is 19.5. The van der Waals surface area contributed by atoms with Gasteiger partial charge in [0.15, 0.2) is 0 Å². The van der Waals surface area contributed by atoms with E-state index in [1.807, 2.05) is 12.1 Å². The van der Waals surface area contributed by atoms with Gasteiger partial charge in [0, 0.05) is 17.0 Å². The largest absolute Gasteiger partial charge is 0.495 e. The Balaban J connectivity index is 1.38. The number of hydrogen-bond donors (Lipinski definition) is 1. The summed E-state index contributed by atoms with van der Waals surface area (Å²) in [6, 6.07) is 22.8. The lowest BCUT2D eigenvalue weighted by Crippen LogP contribution is -2.09. The van der Waals surface area contributed by atoms with E-state index in [9.17, 15) is 9.59 Å². The Morgan fingerprint density at radius 2 is 1.76 bits per heavy atom. The summed E-state index contributed by atoms with van der Waals surface area (Å²) in [6.07, 6.45) is 2.87. The molecular weight excluding hydrogens is 513 g/mol. The Morgan fingerprint density at radius 1 is 0.919 bits per heavy atom. The Hall–Kier alpha value is -4.26. The number of furan rings is 1. The number of amides is 1. The number of nitrogens with one attached hydrogen (secondary N) is 1. The van der Waals surface area contributed by atoms with Crippen molar-refractivity contribution in [2.45, 2.75) is 0 Å². The van der Waals surface area contributed by atoms with Gasteiger partial charge < -0.3 is 18.9 Å². The van der Waals surface area contributed by atoms with Crippen LogP contribution in [0.4, 0.5) is 5.69 Å². The standard InChI is InChI=1S/C29H19Cl2NO5/c1-35-26-12-9-17(21-15-18-5-2-3-8-24(18)37-29(21)34)16-23(26)32-27(33)14-11-19-10-13-25(36-19)20-6-4-7-22(30)28(20)31/h2-16H,1H3,(H,32,33). The van der Waals surface area contributed by atoms with Crippen LogP contribution in [-0.4, -0.2) is 13.0 Å². The van der Waals surface area contributed by atoms with E-state index in [0.29, 0.717) is 55.3 Å². The van der Waals surface area contributed by atoms with Crippen molar-refractivity contribution in [3.8, 4) is 28.2 Å². The zero-order chi connectivity index (χ0) is 25.9. The van der Waals surface area contributed by atoms with Gasteiger partial charge in [0.05, 0.1) is 28.4 Å². The molecule has 6 nitrogen and oxygen atoms in total. The number of carbonyl (C=O) groups is 1. The molecule has 5 aromatic rings. The van der Waals surface area contributed by atoms with Crippen LogP contribution < -0.4 is 15.7 Å². The van der Waals surface area contributed by atoms with Crippen LogP contribution in [0.25, 0.3) is 39.5 Å². The van der Waals surface area contributed by atoms with Crippen LogP contribution in [0.3, 0.4) is 0 Å². The Kier molecular flexibility index (Phi) is 6.86. The SMILES string of the molecule is COc1ccc(-c2cc3ccccc3oc2=O)cc1NC(=O)C=Cc1ccc(-c2cccc(Cl)c2Cl)o1. The molecule has 0 atom stereocenters. The monoisotopic (exact) mass is 531 g/mol. The molecule has 0 radical (unpaired) electrons. The van der Waals surface area contributed by atoms with Gasteiger partial charge in [-0.05, 0) is 60.2 Å². The fourth-order valence-corrected chi connectivity index (χ4v) is 4.24. The van der Waals surface area contributed by atoms with Crippen molar-refractivity contribution in [2.75, 3.05) is 12.4 Å². The first-order valence-corrected chi connectivity index (χ1v) is 11.9. The van der Waals surface area contributed by atoms with Crippen molar-refractivity contribution in [1.82, 2.24) is 0 Å². The summed E-state index contributed by atoms with van der Waals surface area (Å²) in [7, 11) is 1.50. The van der Waals surface area contributed by atoms with Gasteiger partial charge in [-0.3, -0.25) is 4.79 Å². The molecule has 0 aliphatic heterocycles. The second-order valence-electron chi connectivity index (χ2n) is 8.03. The first kappa shape index (κ1) is 24.4. The molecule has 3 aromatic carbocycles. The van der Waals surface area contributed by atoms with Crippen LogP contribution in [0.15, 0.2) is 98.6 Å². The van der Waals surface area contributed by atoms with Gasteiger partial charge in [0.1, 0.15) is 22.9 Å². The first-order valence-electron chi connectivity index (χ1n) is 11.2. The summed E-state index contributed by atoms with van der Waals surface area (Å²) in [5.41, 5.74) is 2.02. The smallest absolute Gasteiger partial charge is 0.344 e. The van der Waals surface area contributed by atoms with Crippen molar-refractivity contribution in [3.05, 3.63) is 111 Å². The average molecular weight is 532 g/mol. The van der Waals surface area contributed by atoms with Crippen LogP contribution in [0.2, 0.25) is 10.0 Å². The first-order chi connectivity index (χ1) is 17.9. The second-order valence-corrected chi connectivity index (χ2v) is 8.81. The lowest BCUT2D eigenvalue weighted by atomic mass is 10.0. The lowest BCUT2D eigenvalue weighted by Gasteiger charge is -2.11. The second kappa shape index (κ2) is 10.4. The molecule has 0 saturated carbocycles. The number of rotatable bonds is 6. The predicted octanol–water partition coefficient (Wildman–Crippen LogP) is 7.69. The summed E-state index contributed by atoms with van der Waals surface area (Å²) < 4.78 is 16.6. The number of para-hydroxylation sites is 1. The normalized spacial score (nSPS) is 11.2. The molecular formula is C29H19Cl2NO5. The van der Waals surface area contributed by atoms with Gasteiger partial charge in [-0.1, -0.05) is 53.5 Å². The van der Waals surface area contributed by atoms with Crippen molar-refractivity contribution in [1.29, 1.82) is 0 Å². The number of fused-ring (bicyclic) bond motifs is 1. The van der Waals surface area contributed by atoms with E-state index in [2.05, 4.69) is 5.32 Å². The van der Waals surface area contributed by atoms with Gasteiger partial charge in [-0.25, -0.2) is 4.79 Å². The van der Waals surface area contributed by atoms with E-state index in [4.69, 9.17) is 36.8 Å². The molecule has 0 bridgehead atoms. The van der Waals surface area contributed by atoms with Crippen LogP contribution in [0.1, 0.15) is 5.76 Å². The average Bonchev–Trinajstić information content (AvgIpc) is 3.37. The minimum absolute atomic E-state index is 0.371. The van der Waals surface area contributed by atoms with Crippen LogP contribution in [-0.2, 0) is 4.79 Å². The molecule has 0 spiro atoms. The maximum absolute atomic E-state index is 12.7. The van der Waals surface area contributed by atoms with Crippen molar-refractivity contribution < 1.29 is 18.4 Å². The number of anilines is 1. The molecule has 2 aromatic heterocycles. The molecule has 1 N–H and O–H groups in total. The third kappa shape index (κ3) is 5.16. The maximum atomic E-state index is 12.7. The third-order valence-corrected chi connectivity index (χ3v) is 6.47. The van der Waals surface area contributed by atoms with E-state index < -0.39 is 11.5 Å². The van der Waals surface area contributed by atoms with Gasteiger partial charge in [-0.2, -0.15) is 0 Å². The lowest BCUT2D eigenvalue weighted by molar-refractivity contribution is -0.111. The minimum Gasteiger partial charge on any atom is -0.495 e. The number of benzene rings is 3. The highest BCUT2D eigenvalue weighted by Crippen LogP contribution is 2.35. The van der Waals surface area contributed by atoms with Gasteiger partial charge in [0.2, 0.25) is 5.91 Å². The fourth-order valence-electron chi connectivity index (χ4n) is 3.85. The van der Waals surface area contributed by atoms with Gasteiger partial charge in [-0.15, -0.1) is 0 Å². The van der Waals surface area contributed by atoms with E-state index >= 15 is 0 Å². The molecule has 2 heterocycles. The molecule has 0 unspecified atom stereocenters. The van der Waals surface area contributed by atoms with Crippen molar-refractivity contribution in [2.24, 2.45) is 0 Å². The fraction of sp³-hybridized carbons (Fsp3) is 0.0345. The van der Waals surface area contributed by atoms with Crippen LogP contribution in [0, 0.1) is 0 Å². The minimum atomic E-state index is -0.477. The molecule has 0 aliphatic carbocycles. The molecule has 8 heteroatoms. The molecule has 0 fully saturated rings. The molecule has 184 valence electrons. The van der Waals surface area contributed by atoms with Crippen molar-refractivity contribution >= 4 is 51.8 Å². The quantitative estimate of drug-likeness (QED) is 0.179. The van der Waals surface area contributed by atoms with E-state index in [1.165, 1.54) is 19.3 Å². The van der Waals surface area contributed by atoms with E-state index in [0.717, 1.165) is 5.39 Å². The summed E-state index contributed by atoms with van der Waals surface area (Å²) >= 11 is 12.4. The summed E-state index contributed by atoms with van der Waals surface area (Å²) in [5.74, 6) is 0.998. The van der Waals surface area contributed by atoms with Gasteiger partial charge >= 0.3 is 5.63 Å². The van der Waals surface area contributed by atoms with Gasteiger partial charge in [0.25, 0.3) is 0 Å². The predicted molar refractivity (Wildman–Crippen MR) is 146 cm³/mol. The van der Waals surface area contributed by atoms with Crippen molar-refractivity contribution in [3.63, 3.8) is 0 Å². The van der Waals surface area contributed by atoms with Crippen LogP contribution in [0.5, 0.6) is 5.75 Å². The molecule has 0 saturated heterocycles. The summed E-state index contributed by atoms with van der Waals surface area (Å²) in [4.78, 5) is 25.3. The summed E-state index contributed by atoms with van der Waals surface area (Å²) in [6.45, 7) is 0.